The molecular weight excluding hydrogens is 150 g/mol. The standard InChI is InChI=1S/C10H13NO/c1-12-10-4-2-8(3-5-10)6-9(10)7-11/h2,4,8-9H,3,5-6H2,1H3/t8-,9+,10-/m1/s1. The lowest BCUT2D eigenvalue weighted by Crippen LogP contribution is -2.45. The van der Waals surface area contributed by atoms with E-state index in [2.05, 4.69) is 18.2 Å². The van der Waals surface area contributed by atoms with Crippen LogP contribution in [-0.2, 0) is 4.74 Å². The van der Waals surface area contributed by atoms with Crippen LogP contribution in [0, 0.1) is 23.2 Å². The minimum absolute atomic E-state index is 0.0752. The molecule has 3 rings (SSSR count). The average molecular weight is 163 g/mol. The van der Waals surface area contributed by atoms with Crippen molar-refractivity contribution in [3.05, 3.63) is 12.2 Å². The van der Waals surface area contributed by atoms with E-state index in [-0.39, 0.29) is 11.5 Å². The highest BCUT2D eigenvalue weighted by atomic mass is 16.5. The normalized spacial score (nSPS) is 44.3. The smallest absolute Gasteiger partial charge is 0.102 e. The minimum atomic E-state index is -0.247. The predicted molar refractivity (Wildman–Crippen MR) is 45.3 cm³/mol. The molecule has 64 valence electrons. The number of ether oxygens (including phenoxy) is 1. The van der Waals surface area contributed by atoms with Gasteiger partial charge in [-0.15, -0.1) is 0 Å². The van der Waals surface area contributed by atoms with Crippen LogP contribution in [0.5, 0.6) is 0 Å². The highest BCUT2D eigenvalue weighted by Gasteiger charge is 2.44. The van der Waals surface area contributed by atoms with E-state index in [1.54, 1.807) is 7.11 Å². The Morgan fingerprint density at radius 3 is 2.92 bits per heavy atom. The van der Waals surface area contributed by atoms with Gasteiger partial charge in [0.05, 0.1) is 12.0 Å². The van der Waals surface area contributed by atoms with Crippen molar-refractivity contribution < 1.29 is 4.74 Å². The maximum Gasteiger partial charge on any atom is 0.102 e. The third-order valence-corrected chi connectivity index (χ3v) is 3.22. The first kappa shape index (κ1) is 7.82. The zero-order valence-corrected chi connectivity index (χ0v) is 7.29. The maximum atomic E-state index is 8.95. The summed E-state index contributed by atoms with van der Waals surface area (Å²) in [5.74, 6) is 0.706. The third-order valence-electron chi connectivity index (χ3n) is 3.22. The van der Waals surface area contributed by atoms with Crippen LogP contribution >= 0.6 is 0 Å². The van der Waals surface area contributed by atoms with Gasteiger partial charge >= 0.3 is 0 Å². The van der Waals surface area contributed by atoms with E-state index in [1.165, 1.54) is 6.42 Å². The maximum absolute atomic E-state index is 8.95. The van der Waals surface area contributed by atoms with Gasteiger partial charge < -0.3 is 4.74 Å². The van der Waals surface area contributed by atoms with Gasteiger partial charge in [-0.3, -0.25) is 0 Å². The molecule has 3 aliphatic rings. The minimum Gasteiger partial charge on any atom is -0.373 e. The largest absolute Gasteiger partial charge is 0.373 e. The van der Waals surface area contributed by atoms with Gasteiger partial charge in [-0.25, -0.2) is 0 Å². The molecule has 0 N–H and O–H groups in total. The molecule has 2 nitrogen and oxygen atoms in total. The Morgan fingerprint density at radius 1 is 1.67 bits per heavy atom. The monoisotopic (exact) mass is 163 g/mol. The Balaban J connectivity index is 2.33. The van der Waals surface area contributed by atoms with Crippen LogP contribution < -0.4 is 0 Å². The van der Waals surface area contributed by atoms with E-state index >= 15 is 0 Å². The van der Waals surface area contributed by atoms with E-state index in [0.29, 0.717) is 5.92 Å². The highest BCUT2D eigenvalue weighted by molar-refractivity contribution is 5.21. The molecule has 0 saturated heterocycles. The average Bonchev–Trinajstić information content (AvgIpc) is 2.19. The van der Waals surface area contributed by atoms with Crippen molar-refractivity contribution in [1.29, 1.82) is 5.26 Å². The summed E-state index contributed by atoms with van der Waals surface area (Å²) in [6, 6.07) is 2.35. The third kappa shape index (κ3) is 0.899. The molecule has 0 aromatic heterocycles. The fourth-order valence-corrected chi connectivity index (χ4v) is 2.35. The molecule has 0 aliphatic heterocycles. The molecule has 2 bridgehead atoms. The number of nitrogens with zero attached hydrogens (tertiary/aromatic N) is 1. The lowest BCUT2D eigenvalue weighted by Gasteiger charge is -2.44. The van der Waals surface area contributed by atoms with Gasteiger partial charge in [-0.1, -0.05) is 12.2 Å². The van der Waals surface area contributed by atoms with Crippen LogP contribution in [0.4, 0.5) is 0 Å². The van der Waals surface area contributed by atoms with Crippen LogP contribution in [0.15, 0.2) is 12.2 Å². The molecule has 3 aliphatic carbocycles. The van der Waals surface area contributed by atoms with Gasteiger partial charge in [-0.2, -0.15) is 5.26 Å². The van der Waals surface area contributed by atoms with E-state index in [9.17, 15) is 0 Å². The molecule has 0 unspecified atom stereocenters. The molecule has 1 saturated carbocycles. The van der Waals surface area contributed by atoms with Gasteiger partial charge in [0.2, 0.25) is 0 Å². The summed E-state index contributed by atoms with van der Waals surface area (Å²) in [6.07, 6.45) is 7.49. The Bertz CT molecular complexity index is 253. The molecule has 0 aromatic rings. The fourth-order valence-electron chi connectivity index (χ4n) is 2.35. The summed E-state index contributed by atoms with van der Waals surface area (Å²) in [5, 5.41) is 8.95. The second-order valence-electron chi connectivity index (χ2n) is 3.73. The summed E-state index contributed by atoms with van der Waals surface area (Å²) in [6.45, 7) is 0. The van der Waals surface area contributed by atoms with Crippen molar-refractivity contribution >= 4 is 0 Å². The first-order valence-electron chi connectivity index (χ1n) is 4.45. The molecule has 12 heavy (non-hydrogen) atoms. The van der Waals surface area contributed by atoms with Gasteiger partial charge in [0, 0.05) is 7.11 Å². The molecule has 2 heteroatoms. The number of nitriles is 1. The predicted octanol–water partition coefficient (Wildman–Crippen LogP) is 1.88. The van der Waals surface area contributed by atoms with Crippen molar-refractivity contribution in [1.82, 2.24) is 0 Å². The molecule has 1 fully saturated rings. The molecule has 3 atom stereocenters. The summed E-state index contributed by atoms with van der Waals surface area (Å²) >= 11 is 0. The Kier molecular flexibility index (Phi) is 1.69. The number of rotatable bonds is 1. The van der Waals surface area contributed by atoms with Gasteiger partial charge in [0.15, 0.2) is 0 Å². The molecule has 0 spiro atoms. The highest BCUT2D eigenvalue weighted by Crippen LogP contribution is 2.44. The van der Waals surface area contributed by atoms with E-state index < -0.39 is 0 Å². The van der Waals surface area contributed by atoms with E-state index in [1.807, 2.05) is 0 Å². The summed E-state index contributed by atoms with van der Waals surface area (Å²) < 4.78 is 5.46. The van der Waals surface area contributed by atoms with Crippen molar-refractivity contribution in [3.8, 4) is 6.07 Å². The zero-order valence-electron chi connectivity index (χ0n) is 7.29. The first-order valence-corrected chi connectivity index (χ1v) is 4.45. The van der Waals surface area contributed by atoms with E-state index in [0.717, 1.165) is 12.8 Å². The first-order chi connectivity index (χ1) is 5.80. The summed E-state index contributed by atoms with van der Waals surface area (Å²) in [5.41, 5.74) is -0.247. The summed E-state index contributed by atoms with van der Waals surface area (Å²) in [4.78, 5) is 0. The van der Waals surface area contributed by atoms with Crippen molar-refractivity contribution in [2.45, 2.75) is 24.9 Å². The number of hydrogen-bond donors (Lipinski definition) is 0. The molecule has 0 heterocycles. The number of hydrogen-bond acceptors (Lipinski definition) is 2. The molecule has 0 aromatic carbocycles. The Hall–Kier alpha value is -0.810. The number of allylic oxidation sites excluding steroid dienone is 1. The lowest BCUT2D eigenvalue weighted by molar-refractivity contribution is -0.0419. The lowest BCUT2D eigenvalue weighted by atomic mass is 9.66. The Labute approximate surface area is 72.8 Å². The second kappa shape index (κ2) is 2.60. The van der Waals surface area contributed by atoms with Gasteiger partial charge in [0.1, 0.15) is 5.60 Å². The van der Waals surface area contributed by atoms with Crippen LogP contribution in [0.1, 0.15) is 19.3 Å². The topological polar surface area (TPSA) is 33.0 Å². The van der Waals surface area contributed by atoms with Crippen molar-refractivity contribution in [3.63, 3.8) is 0 Å². The van der Waals surface area contributed by atoms with Crippen LogP contribution in [0.2, 0.25) is 0 Å². The number of fused-ring (bicyclic) bond motifs is 2. The van der Waals surface area contributed by atoms with E-state index in [4.69, 9.17) is 10.00 Å². The number of methoxy groups -OCH3 is 1. The van der Waals surface area contributed by atoms with Crippen molar-refractivity contribution in [2.75, 3.05) is 7.11 Å². The van der Waals surface area contributed by atoms with Gasteiger partial charge in [0.25, 0.3) is 0 Å². The molecule has 0 amide bonds. The fraction of sp³-hybridized carbons (Fsp3) is 0.700. The molecular formula is C10H13NO. The molecule has 0 radical (unpaired) electrons. The summed E-state index contributed by atoms with van der Waals surface area (Å²) in [7, 11) is 1.71. The van der Waals surface area contributed by atoms with Crippen molar-refractivity contribution in [2.24, 2.45) is 11.8 Å². The van der Waals surface area contributed by atoms with Crippen LogP contribution in [0.3, 0.4) is 0 Å². The SMILES string of the molecule is CO[C@]12C=C[C@H](CC1)C[C@H]2C#N. The quantitative estimate of drug-likeness (QED) is 0.553. The van der Waals surface area contributed by atoms with Crippen LogP contribution in [-0.4, -0.2) is 12.7 Å². The van der Waals surface area contributed by atoms with Crippen LogP contribution in [0.25, 0.3) is 0 Å². The van der Waals surface area contributed by atoms with Gasteiger partial charge in [-0.05, 0) is 25.2 Å². The Morgan fingerprint density at radius 2 is 2.50 bits per heavy atom. The zero-order chi connectivity index (χ0) is 8.60. The second-order valence-corrected chi connectivity index (χ2v) is 3.73.